The number of rotatable bonds is 6. The van der Waals surface area contributed by atoms with E-state index in [1.807, 2.05) is 30.3 Å². The van der Waals surface area contributed by atoms with Crippen LogP contribution in [0, 0.1) is 0 Å². The average Bonchev–Trinajstić information content (AvgIpc) is 2.19. The highest BCUT2D eigenvalue weighted by molar-refractivity contribution is 5.48. The van der Waals surface area contributed by atoms with Crippen LogP contribution in [-0.4, -0.2) is 12.9 Å². The smallest absolute Gasteiger partial charge is 0.119 e. The predicted octanol–water partition coefficient (Wildman–Crippen LogP) is 2.43. The van der Waals surface area contributed by atoms with Crippen molar-refractivity contribution in [3.63, 3.8) is 0 Å². The summed E-state index contributed by atoms with van der Waals surface area (Å²) in [5, 5.41) is 0. The predicted molar refractivity (Wildman–Crippen MR) is 51.9 cm³/mol. The van der Waals surface area contributed by atoms with Crippen LogP contribution in [0.3, 0.4) is 0 Å². The molecule has 0 heterocycles. The molecule has 2 heteroatoms. The first-order valence-electron chi connectivity index (χ1n) is 4.55. The molecule has 0 N–H and O–H groups in total. The molecule has 0 aliphatic rings. The second kappa shape index (κ2) is 6.23. The first-order chi connectivity index (χ1) is 6.43. The fraction of sp³-hybridized carbons (Fsp3) is 0.364. The summed E-state index contributed by atoms with van der Waals surface area (Å²) in [5.41, 5.74) is 0. The molecule has 2 nitrogen and oxygen atoms in total. The first-order valence-corrected chi connectivity index (χ1v) is 4.55. The van der Waals surface area contributed by atoms with Crippen molar-refractivity contribution in [3.05, 3.63) is 30.3 Å². The van der Waals surface area contributed by atoms with Crippen molar-refractivity contribution >= 4 is 6.29 Å². The summed E-state index contributed by atoms with van der Waals surface area (Å²) in [7, 11) is 0. The van der Waals surface area contributed by atoms with Gasteiger partial charge in [-0.05, 0) is 25.0 Å². The van der Waals surface area contributed by atoms with Gasteiger partial charge in [-0.1, -0.05) is 18.2 Å². The van der Waals surface area contributed by atoms with Gasteiger partial charge in [-0.2, -0.15) is 0 Å². The highest BCUT2D eigenvalue weighted by atomic mass is 16.5. The van der Waals surface area contributed by atoms with E-state index in [9.17, 15) is 4.79 Å². The third kappa shape index (κ3) is 4.31. The highest BCUT2D eigenvalue weighted by Gasteiger charge is 1.91. The van der Waals surface area contributed by atoms with E-state index in [-0.39, 0.29) is 0 Å². The third-order valence-corrected chi connectivity index (χ3v) is 1.73. The van der Waals surface area contributed by atoms with Gasteiger partial charge in [0.25, 0.3) is 0 Å². The molecule has 0 aliphatic carbocycles. The van der Waals surface area contributed by atoms with Gasteiger partial charge in [0.05, 0.1) is 6.61 Å². The molecule has 0 amide bonds. The largest absolute Gasteiger partial charge is 0.494 e. The molecule has 0 radical (unpaired) electrons. The molecule has 1 aromatic carbocycles. The zero-order valence-corrected chi connectivity index (χ0v) is 7.61. The van der Waals surface area contributed by atoms with Crippen molar-refractivity contribution in [2.24, 2.45) is 0 Å². The van der Waals surface area contributed by atoms with Crippen molar-refractivity contribution in [3.8, 4) is 5.75 Å². The van der Waals surface area contributed by atoms with Gasteiger partial charge in [0.15, 0.2) is 0 Å². The summed E-state index contributed by atoms with van der Waals surface area (Å²) in [4.78, 5) is 10.00. The molecule has 0 unspecified atom stereocenters. The lowest BCUT2D eigenvalue weighted by Gasteiger charge is -2.03. The fourth-order valence-corrected chi connectivity index (χ4v) is 1.04. The monoisotopic (exact) mass is 178 g/mol. The van der Waals surface area contributed by atoms with Gasteiger partial charge in [0.2, 0.25) is 0 Å². The number of unbranched alkanes of at least 4 members (excludes halogenated alkanes) is 2. The van der Waals surface area contributed by atoms with Crippen LogP contribution in [0.5, 0.6) is 5.75 Å². The van der Waals surface area contributed by atoms with Crippen LogP contribution in [0.25, 0.3) is 0 Å². The Labute approximate surface area is 78.5 Å². The van der Waals surface area contributed by atoms with Crippen molar-refractivity contribution in [2.45, 2.75) is 19.3 Å². The zero-order chi connectivity index (χ0) is 9.36. The van der Waals surface area contributed by atoms with E-state index in [1.165, 1.54) is 0 Å². The Morgan fingerprint density at radius 3 is 2.62 bits per heavy atom. The van der Waals surface area contributed by atoms with E-state index in [0.29, 0.717) is 13.0 Å². The normalized spacial score (nSPS) is 9.54. The number of carbonyl (C=O) groups is 1. The molecule has 0 atom stereocenters. The third-order valence-electron chi connectivity index (χ3n) is 1.73. The molecule has 0 saturated heterocycles. The van der Waals surface area contributed by atoms with E-state index in [0.717, 1.165) is 24.9 Å². The Morgan fingerprint density at radius 2 is 1.92 bits per heavy atom. The minimum atomic E-state index is 0.637. The molecule has 1 rings (SSSR count). The average molecular weight is 178 g/mol. The van der Waals surface area contributed by atoms with Gasteiger partial charge in [-0.3, -0.25) is 0 Å². The molecule has 70 valence electrons. The lowest BCUT2D eigenvalue weighted by atomic mass is 10.2. The molecule has 0 aromatic heterocycles. The molecule has 0 fully saturated rings. The maximum Gasteiger partial charge on any atom is 0.119 e. The summed E-state index contributed by atoms with van der Waals surface area (Å²) in [5.74, 6) is 0.897. The van der Waals surface area contributed by atoms with Crippen LogP contribution in [0.4, 0.5) is 0 Å². The van der Waals surface area contributed by atoms with Gasteiger partial charge >= 0.3 is 0 Å². The Bertz CT molecular complexity index is 231. The zero-order valence-electron chi connectivity index (χ0n) is 7.61. The number of hydrogen-bond acceptors (Lipinski definition) is 2. The van der Waals surface area contributed by atoms with Gasteiger partial charge in [-0.25, -0.2) is 0 Å². The Kier molecular flexibility index (Phi) is 4.69. The maximum absolute atomic E-state index is 10.00. The van der Waals surface area contributed by atoms with Crippen molar-refractivity contribution in [1.82, 2.24) is 0 Å². The topological polar surface area (TPSA) is 26.3 Å². The summed E-state index contributed by atoms with van der Waals surface area (Å²) < 4.78 is 5.44. The Balaban J connectivity index is 2.10. The standard InChI is InChI=1S/C11H14O2/c12-9-5-2-6-10-13-11-7-3-1-4-8-11/h1,3-4,7-9H,2,5-6,10H2. The van der Waals surface area contributed by atoms with E-state index in [2.05, 4.69) is 0 Å². The van der Waals surface area contributed by atoms with Crippen LogP contribution in [0.15, 0.2) is 30.3 Å². The molecule has 13 heavy (non-hydrogen) atoms. The molecule has 1 aromatic rings. The quantitative estimate of drug-likeness (QED) is 0.494. The molecule has 0 saturated carbocycles. The van der Waals surface area contributed by atoms with Gasteiger partial charge < -0.3 is 9.53 Å². The Morgan fingerprint density at radius 1 is 1.15 bits per heavy atom. The van der Waals surface area contributed by atoms with E-state index in [4.69, 9.17) is 4.74 Å². The molecule has 0 spiro atoms. The highest BCUT2D eigenvalue weighted by Crippen LogP contribution is 2.08. The van der Waals surface area contributed by atoms with Gasteiger partial charge in [0.1, 0.15) is 12.0 Å². The van der Waals surface area contributed by atoms with E-state index < -0.39 is 0 Å². The van der Waals surface area contributed by atoms with Crippen LogP contribution < -0.4 is 4.74 Å². The van der Waals surface area contributed by atoms with Crippen molar-refractivity contribution < 1.29 is 9.53 Å². The summed E-state index contributed by atoms with van der Waals surface area (Å²) >= 11 is 0. The van der Waals surface area contributed by atoms with Crippen LogP contribution in [0.2, 0.25) is 0 Å². The number of hydrogen-bond donors (Lipinski definition) is 0. The van der Waals surface area contributed by atoms with Crippen LogP contribution >= 0.6 is 0 Å². The van der Waals surface area contributed by atoms with Gasteiger partial charge in [0, 0.05) is 6.42 Å². The fourth-order valence-electron chi connectivity index (χ4n) is 1.04. The summed E-state index contributed by atoms with van der Waals surface area (Å²) in [6.45, 7) is 0.692. The molecular formula is C11H14O2. The van der Waals surface area contributed by atoms with E-state index >= 15 is 0 Å². The van der Waals surface area contributed by atoms with Crippen LogP contribution in [0.1, 0.15) is 19.3 Å². The number of carbonyl (C=O) groups excluding carboxylic acids is 1. The second-order valence-electron chi connectivity index (χ2n) is 2.82. The number of para-hydroxylation sites is 1. The van der Waals surface area contributed by atoms with E-state index in [1.54, 1.807) is 0 Å². The van der Waals surface area contributed by atoms with Crippen LogP contribution in [-0.2, 0) is 4.79 Å². The lowest BCUT2D eigenvalue weighted by molar-refractivity contribution is -0.107. The summed E-state index contributed by atoms with van der Waals surface area (Å²) in [6.07, 6.45) is 3.44. The maximum atomic E-state index is 10.00. The SMILES string of the molecule is O=CCCCCOc1ccccc1. The van der Waals surface area contributed by atoms with Crippen molar-refractivity contribution in [2.75, 3.05) is 6.61 Å². The lowest BCUT2D eigenvalue weighted by Crippen LogP contribution is -1.96. The Hall–Kier alpha value is -1.31. The van der Waals surface area contributed by atoms with Crippen molar-refractivity contribution in [1.29, 1.82) is 0 Å². The molecular weight excluding hydrogens is 164 g/mol. The minimum Gasteiger partial charge on any atom is -0.494 e. The van der Waals surface area contributed by atoms with Gasteiger partial charge in [-0.15, -0.1) is 0 Å². The molecule has 0 bridgehead atoms. The molecule has 0 aliphatic heterocycles. The number of ether oxygens (including phenoxy) is 1. The number of aldehydes is 1. The minimum absolute atomic E-state index is 0.637. The number of benzene rings is 1. The first kappa shape index (κ1) is 9.78. The summed E-state index contributed by atoms with van der Waals surface area (Å²) in [6, 6.07) is 9.71. The second-order valence-corrected chi connectivity index (χ2v) is 2.82.